The summed E-state index contributed by atoms with van der Waals surface area (Å²) in [6.07, 6.45) is 2.93. The Balaban J connectivity index is 1.86. The molecular formula is C15H29N6O2+. The first kappa shape index (κ1) is 17.8. The summed E-state index contributed by atoms with van der Waals surface area (Å²) < 4.78 is 6.80. The Morgan fingerprint density at radius 2 is 2.13 bits per heavy atom. The summed E-state index contributed by atoms with van der Waals surface area (Å²) in [6.45, 7) is 9.43. The van der Waals surface area contributed by atoms with E-state index in [0.29, 0.717) is 0 Å². The molecule has 1 amide bonds. The standard InChI is InChI=1S/C15H28N6O2/c1-5-15(2,3)21-13(17-18-19-21)10-20-8-6-12(7-9-20)16-14(22)11-23-4/h12H,5-11H2,1-4H3,(H,16,22)/p+1. The SMILES string of the molecule is CCC(C)(C)n1nnnc1C[NH+]1CCC(NC(=O)COC)CC1. The summed E-state index contributed by atoms with van der Waals surface area (Å²) in [6, 6.07) is 0.254. The fourth-order valence-corrected chi connectivity index (χ4v) is 2.91. The van der Waals surface area contributed by atoms with Crippen LogP contribution in [-0.2, 0) is 21.6 Å². The minimum atomic E-state index is -0.0648. The first-order chi connectivity index (χ1) is 11.0. The quantitative estimate of drug-likeness (QED) is 0.680. The lowest BCUT2D eigenvalue weighted by molar-refractivity contribution is -0.919. The number of methoxy groups -OCH3 is 1. The van der Waals surface area contributed by atoms with Crippen LogP contribution in [0.15, 0.2) is 0 Å². The molecule has 0 radical (unpaired) electrons. The Morgan fingerprint density at radius 3 is 2.74 bits per heavy atom. The van der Waals surface area contributed by atoms with Crippen LogP contribution in [-0.4, -0.2) is 59.0 Å². The van der Waals surface area contributed by atoms with Crippen LogP contribution < -0.4 is 10.2 Å². The predicted molar refractivity (Wildman–Crippen MR) is 84.9 cm³/mol. The average molecular weight is 325 g/mol. The molecule has 130 valence electrons. The Kier molecular flexibility index (Phi) is 6.06. The number of carbonyl (C=O) groups excluding carboxylic acids is 1. The highest BCUT2D eigenvalue weighted by molar-refractivity contribution is 5.77. The molecule has 0 atom stereocenters. The van der Waals surface area contributed by atoms with Crippen molar-refractivity contribution in [1.82, 2.24) is 25.5 Å². The molecule has 1 saturated heterocycles. The third-order valence-corrected chi connectivity index (χ3v) is 4.71. The van der Waals surface area contributed by atoms with Gasteiger partial charge in [-0.3, -0.25) is 4.79 Å². The zero-order chi connectivity index (χ0) is 16.9. The minimum absolute atomic E-state index is 0.0328. The fraction of sp³-hybridized carbons (Fsp3) is 0.867. The van der Waals surface area contributed by atoms with Gasteiger partial charge in [0.2, 0.25) is 11.7 Å². The zero-order valence-electron chi connectivity index (χ0n) is 14.6. The number of tetrazole rings is 1. The van der Waals surface area contributed by atoms with Gasteiger partial charge in [-0.1, -0.05) is 6.92 Å². The molecule has 0 unspecified atom stereocenters. The minimum Gasteiger partial charge on any atom is -0.375 e. The number of nitrogens with zero attached hydrogens (tertiary/aromatic N) is 4. The summed E-state index contributed by atoms with van der Waals surface area (Å²) in [7, 11) is 1.54. The predicted octanol–water partition coefficient (Wildman–Crippen LogP) is -0.872. The third kappa shape index (κ3) is 4.71. The second-order valence-electron chi connectivity index (χ2n) is 6.87. The van der Waals surface area contributed by atoms with Crippen LogP contribution in [0.4, 0.5) is 0 Å². The molecule has 1 aliphatic rings. The van der Waals surface area contributed by atoms with Gasteiger partial charge in [-0.2, -0.15) is 0 Å². The summed E-state index contributed by atoms with van der Waals surface area (Å²) >= 11 is 0. The topological polar surface area (TPSA) is 86.4 Å². The molecule has 8 heteroatoms. The van der Waals surface area contributed by atoms with Crippen molar-refractivity contribution >= 4 is 5.91 Å². The highest BCUT2D eigenvalue weighted by atomic mass is 16.5. The van der Waals surface area contributed by atoms with Crippen LogP contribution in [0.1, 0.15) is 45.9 Å². The van der Waals surface area contributed by atoms with Gasteiger partial charge in [0.15, 0.2) is 0 Å². The van der Waals surface area contributed by atoms with Crippen molar-refractivity contribution in [1.29, 1.82) is 0 Å². The Morgan fingerprint density at radius 1 is 1.43 bits per heavy atom. The van der Waals surface area contributed by atoms with Gasteiger partial charge in [0.1, 0.15) is 13.2 Å². The number of ether oxygens (including phenoxy) is 1. The Bertz CT molecular complexity index is 508. The van der Waals surface area contributed by atoms with Gasteiger partial charge in [-0.05, 0) is 30.7 Å². The molecule has 1 aromatic rings. The molecule has 1 fully saturated rings. The molecule has 2 rings (SSSR count). The van der Waals surface area contributed by atoms with Crippen molar-refractivity contribution in [3.05, 3.63) is 5.82 Å². The van der Waals surface area contributed by atoms with Gasteiger partial charge in [0.05, 0.1) is 18.6 Å². The molecule has 0 spiro atoms. The van der Waals surface area contributed by atoms with E-state index in [9.17, 15) is 4.79 Å². The molecule has 1 aromatic heterocycles. The van der Waals surface area contributed by atoms with Gasteiger partial charge in [-0.25, -0.2) is 4.68 Å². The lowest BCUT2D eigenvalue weighted by atomic mass is 10.0. The lowest BCUT2D eigenvalue weighted by Gasteiger charge is -2.30. The largest absolute Gasteiger partial charge is 0.375 e. The number of rotatable bonds is 7. The first-order valence-electron chi connectivity index (χ1n) is 8.36. The number of quaternary nitrogens is 1. The summed E-state index contributed by atoms with van der Waals surface area (Å²) in [4.78, 5) is 13.0. The number of carbonyl (C=O) groups is 1. The summed E-state index contributed by atoms with van der Waals surface area (Å²) in [5.74, 6) is 0.906. The third-order valence-electron chi connectivity index (χ3n) is 4.71. The molecule has 0 saturated carbocycles. The van der Waals surface area contributed by atoms with E-state index in [1.54, 1.807) is 0 Å². The maximum atomic E-state index is 11.6. The monoisotopic (exact) mass is 325 g/mol. The van der Waals surface area contributed by atoms with Crippen molar-refractivity contribution in [3.63, 3.8) is 0 Å². The Labute approximate surface area is 137 Å². The highest BCUT2D eigenvalue weighted by Gasteiger charge is 2.28. The number of likely N-dealkylation sites (tertiary alicyclic amines) is 1. The van der Waals surface area contributed by atoms with E-state index in [4.69, 9.17) is 4.74 Å². The van der Waals surface area contributed by atoms with Gasteiger partial charge < -0.3 is 15.0 Å². The van der Waals surface area contributed by atoms with Crippen molar-refractivity contribution < 1.29 is 14.4 Å². The number of hydrogen-bond acceptors (Lipinski definition) is 5. The van der Waals surface area contributed by atoms with E-state index in [2.05, 4.69) is 41.6 Å². The maximum absolute atomic E-state index is 11.6. The lowest BCUT2D eigenvalue weighted by Crippen LogP contribution is -3.12. The number of amides is 1. The molecule has 0 bridgehead atoms. The molecule has 23 heavy (non-hydrogen) atoms. The normalized spacial score (nSPS) is 22.1. The number of nitrogens with one attached hydrogen (secondary N) is 2. The van der Waals surface area contributed by atoms with E-state index in [-0.39, 0.29) is 24.1 Å². The van der Waals surface area contributed by atoms with Crippen molar-refractivity contribution in [3.8, 4) is 0 Å². The van der Waals surface area contributed by atoms with Gasteiger partial charge in [0, 0.05) is 26.0 Å². The van der Waals surface area contributed by atoms with E-state index < -0.39 is 0 Å². The summed E-state index contributed by atoms with van der Waals surface area (Å²) in [5, 5.41) is 15.3. The fourth-order valence-electron chi connectivity index (χ4n) is 2.91. The highest BCUT2D eigenvalue weighted by Crippen LogP contribution is 2.18. The van der Waals surface area contributed by atoms with Crippen LogP contribution in [0.25, 0.3) is 0 Å². The van der Waals surface area contributed by atoms with E-state index >= 15 is 0 Å². The van der Waals surface area contributed by atoms with Gasteiger partial charge >= 0.3 is 0 Å². The van der Waals surface area contributed by atoms with Gasteiger partial charge in [0.25, 0.3) is 0 Å². The molecule has 8 nitrogen and oxygen atoms in total. The van der Waals surface area contributed by atoms with Crippen molar-refractivity contribution in [2.24, 2.45) is 0 Å². The van der Waals surface area contributed by atoms with E-state index in [1.807, 2.05) is 4.68 Å². The molecule has 2 heterocycles. The molecular weight excluding hydrogens is 296 g/mol. The second-order valence-corrected chi connectivity index (χ2v) is 6.87. The Hall–Kier alpha value is -1.54. The average Bonchev–Trinajstić information content (AvgIpc) is 2.98. The second kappa shape index (κ2) is 7.83. The number of hydrogen-bond donors (Lipinski definition) is 2. The van der Waals surface area contributed by atoms with Crippen LogP contribution in [0.2, 0.25) is 0 Å². The van der Waals surface area contributed by atoms with Crippen molar-refractivity contribution in [2.75, 3.05) is 26.8 Å². The van der Waals surface area contributed by atoms with Gasteiger partial charge in [-0.15, -0.1) is 5.10 Å². The molecule has 0 aliphatic carbocycles. The number of aromatic nitrogens is 4. The molecule has 0 aromatic carbocycles. The zero-order valence-corrected chi connectivity index (χ0v) is 14.6. The van der Waals surface area contributed by atoms with Crippen LogP contribution in [0, 0.1) is 0 Å². The van der Waals surface area contributed by atoms with Crippen molar-refractivity contribution in [2.45, 2.75) is 58.2 Å². The van der Waals surface area contributed by atoms with Crippen LogP contribution in [0.5, 0.6) is 0 Å². The maximum Gasteiger partial charge on any atom is 0.246 e. The van der Waals surface area contributed by atoms with E-state index in [1.165, 1.54) is 12.0 Å². The molecule has 1 aliphatic heterocycles. The summed E-state index contributed by atoms with van der Waals surface area (Å²) in [5.41, 5.74) is -0.0648. The molecule has 2 N–H and O–H groups in total. The van der Waals surface area contributed by atoms with Crippen LogP contribution >= 0.6 is 0 Å². The first-order valence-corrected chi connectivity index (χ1v) is 8.36. The number of piperidine rings is 1. The smallest absolute Gasteiger partial charge is 0.246 e. The van der Waals surface area contributed by atoms with E-state index in [0.717, 1.165) is 44.7 Å². The van der Waals surface area contributed by atoms with Crippen LogP contribution in [0.3, 0.4) is 0 Å².